The lowest BCUT2D eigenvalue weighted by molar-refractivity contribution is 0.293. The second-order valence-electron chi connectivity index (χ2n) is 4.76. The van der Waals surface area contributed by atoms with Crippen LogP contribution in [0.1, 0.15) is 22.5 Å². The fraction of sp³-hybridized carbons (Fsp3) is 0.357. The molecule has 19 heavy (non-hydrogen) atoms. The molecular formula is C14H18BrN3O. The monoisotopic (exact) mass is 323 g/mol. The van der Waals surface area contributed by atoms with Crippen molar-refractivity contribution < 1.29 is 4.74 Å². The molecule has 0 amide bonds. The van der Waals surface area contributed by atoms with Gasteiger partial charge in [0.2, 0.25) is 0 Å². The van der Waals surface area contributed by atoms with E-state index < -0.39 is 0 Å². The first-order valence-corrected chi connectivity index (χ1v) is 6.87. The van der Waals surface area contributed by atoms with Crippen molar-refractivity contribution >= 4 is 21.6 Å². The number of rotatable bonds is 3. The van der Waals surface area contributed by atoms with Gasteiger partial charge in [0, 0.05) is 7.05 Å². The molecule has 5 heteroatoms. The molecule has 102 valence electrons. The second-order valence-corrected chi connectivity index (χ2v) is 5.55. The highest BCUT2D eigenvalue weighted by Crippen LogP contribution is 2.29. The predicted molar refractivity (Wildman–Crippen MR) is 80.3 cm³/mol. The van der Waals surface area contributed by atoms with Crippen LogP contribution in [0.3, 0.4) is 0 Å². The number of hydrogen-bond acceptors (Lipinski definition) is 3. The van der Waals surface area contributed by atoms with Crippen LogP contribution in [0.2, 0.25) is 0 Å². The summed E-state index contributed by atoms with van der Waals surface area (Å²) in [7, 11) is 1.90. The Kier molecular flexibility index (Phi) is 3.85. The van der Waals surface area contributed by atoms with Gasteiger partial charge in [-0.05, 0) is 53.9 Å². The molecule has 0 unspecified atom stereocenters. The zero-order valence-corrected chi connectivity index (χ0v) is 13.2. The standard InChI is InChI=1S/C14H18BrN3O/c1-8-5-9(2)14(11(16)6-8)19-7-12-13(15)10(3)17-18(12)4/h5-6H,7,16H2,1-4H3. The Hall–Kier alpha value is -1.49. The van der Waals surface area contributed by atoms with Crippen molar-refractivity contribution in [1.29, 1.82) is 0 Å². The van der Waals surface area contributed by atoms with Crippen molar-refractivity contribution in [2.45, 2.75) is 27.4 Å². The fourth-order valence-electron chi connectivity index (χ4n) is 2.16. The van der Waals surface area contributed by atoms with Gasteiger partial charge >= 0.3 is 0 Å². The van der Waals surface area contributed by atoms with Crippen LogP contribution in [0.25, 0.3) is 0 Å². The van der Waals surface area contributed by atoms with Crippen LogP contribution in [-0.4, -0.2) is 9.78 Å². The summed E-state index contributed by atoms with van der Waals surface area (Å²) in [6, 6.07) is 3.99. The minimum atomic E-state index is 0.437. The van der Waals surface area contributed by atoms with E-state index in [1.165, 1.54) is 0 Å². The molecule has 1 heterocycles. The van der Waals surface area contributed by atoms with E-state index in [-0.39, 0.29) is 0 Å². The summed E-state index contributed by atoms with van der Waals surface area (Å²) in [5.74, 6) is 0.747. The molecule has 0 fully saturated rings. The van der Waals surface area contributed by atoms with Gasteiger partial charge in [0.05, 0.1) is 21.5 Å². The fourth-order valence-corrected chi connectivity index (χ4v) is 2.61. The Morgan fingerprint density at radius 2 is 2.00 bits per heavy atom. The highest BCUT2D eigenvalue weighted by Gasteiger charge is 2.13. The summed E-state index contributed by atoms with van der Waals surface area (Å²) >= 11 is 3.53. The number of benzene rings is 1. The maximum Gasteiger partial charge on any atom is 0.145 e. The number of hydrogen-bond donors (Lipinski definition) is 1. The molecule has 0 radical (unpaired) electrons. The summed E-state index contributed by atoms with van der Waals surface area (Å²) in [5.41, 5.74) is 10.8. The van der Waals surface area contributed by atoms with Crippen molar-refractivity contribution in [1.82, 2.24) is 9.78 Å². The maximum absolute atomic E-state index is 6.01. The molecule has 0 aliphatic heterocycles. The van der Waals surface area contributed by atoms with Crippen molar-refractivity contribution in [2.75, 3.05) is 5.73 Å². The van der Waals surface area contributed by atoms with Crippen LogP contribution in [0.15, 0.2) is 16.6 Å². The zero-order valence-electron chi connectivity index (χ0n) is 11.6. The van der Waals surface area contributed by atoms with E-state index in [9.17, 15) is 0 Å². The number of nitrogens with two attached hydrogens (primary N) is 1. The zero-order chi connectivity index (χ0) is 14.2. The van der Waals surface area contributed by atoms with Gasteiger partial charge < -0.3 is 10.5 Å². The molecule has 4 nitrogen and oxygen atoms in total. The number of aromatic nitrogens is 2. The number of ether oxygens (including phenoxy) is 1. The van der Waals surface area contributed by atoms with Crippen molar-refractivity contribution in [3.05, 3.63) is 39.1 Å². The van der Waals surface area contributed by atoms with Crippen LogP contribution >= 0.6 is 15.9 Å². The number of halogens is 1. The highest BCUT2D eigenvalue weighted by molar-refractivity contribution is 9.10. The van der Waals surface area contributed by atoms with Gasteiger partial charge in [-0.2, -0.15) is 5.10 Å². The molecular weight excluding hydrogens is 306 g/mol. The maximum atomic E-state index is 6.01. The first-order valence-electron chi connectivity index (χ1n) is 6.07. The first-order chi connectivity index (χ1) is 8.90. The summed E-state index contributed by atoms with van der Waals surface area (Å²) in [4.78, 5) is 0. The van der Waals surface area contributed by atoms with E-state index in [1.807, 2.05) is 38.6 Å². The molecule has 2 N–H and O–H groups in total. The number of aryl methyl sites for hydroxylation is 4. The van der Waals surface area contributed by atoms with Gasteiger partial charge in [-0.1, -0.05) is 6.07 Å². The lowest BCUT2D eigenvalue weighted by Gasteiger charge is -2.13. The number of nitrogen functional groups attached to an aromatic ring is 1. The lowest BCUT2D eigenvalue weighted by Crippen LogP contribution is -2.06. The third-order valence-corrected chi connectivity index (χ3v) is 4.09. The minimum Gasteiger partial charge on any atom is -0.485 e. The summed E-state index contributed by atoms with van der Waals surface area (Å²) < 4.78 is 8.67. The van der Waals surface area contributed by atoms with Crippen molar-refractivity contribution in [3.63, 3.8) is 0 Å². The second kappa shape index (κ2) is 5.25. The lowest BCUT2D eigenvalue weighted by atomic mass is 10.1. The Balaban J connectivity index is 2.24. The van der Waals surface area contributed by atoms with Crippen LogP contribution < -0.4 is 10.5 Å². The summed E-state index contributed by atoms with van der Waals surface area (Å²) in [5, 5.41) is 4.34. The highest BCUT2D eigenvalue weighted by atomic mass is 79.9. The topological polar surface area (TPSA) is 53.1 Å². The molecule has 0 aliphatic carbocycles. The van der Waals surface area contributed by atoms with Gasteiger partial charge in [-0.3, -0.25) is 4.68 Å². The number of nitrogens with zero attached hydrogens (tertiary/aromatic N) is 2. The van der Waals surface area contributed by atoms with Gasteiger partial charge in [0.25, 0.3) is 0 Å². The minimum absolute atomic E-state index is 0.437. The van der Waals surface area contributed by atoms with E-state index in [1.54, 1.807) is 0 Å². The van der Waals surface area contributed by atoms with Gasteiger partial charge in [0.15, 0.2) is 0 Å². The average molecular weight is 324 g/mol. The van der Waals surface area contributed by atoms with Crippen molar-refractivity contribution in [3.8, 4) is 5.75 Å². The number of anilines is 1. The van der Waals surface area contributed by atoms with Crippen LogP contribution in [0, 0.1) is 20.8 Å². The van der Waals surface area contributed by atoms with E-state index in [0.29, 0.717) is 12.3 Å². The molecule has 0 aliphatic rings. The average Bonchev–Trinajstić information content (AvgIpc) is 2.53. The Bertz CT molecular complexity index is 596. The molecule has 1 aromatic carbocycles. The predicted octanol–water partition coefficient (Wildman–Crippen LogP) is 3.27. The van der Waals surface area contributed by atoms with E-state index in [4.69, 9.17) is 10.5 Å². The Morgan fingerprint density at radius 1 is 1.32 bits per heavy atom. The Morgan fingerprint density at radius 3 is 2.53 bits per heavy atom. The molecule has 2 rings (SSSR count). The largest absolute Gasteiger partial charge is 0.485 e. The molecule has 0 atom stereocenters. The first kappa shape index (κ1) is 13.9. The van der Waals surface area contributed by atoms with Crippen LogP contribution in [0.4, 0.5) is 5.69 Å². The van der Waals surface area contributed by atoms with E-state index in [2.05, 4.69) is 27.1 Å². The Labute approximate surface area is 121 Å². The third-order valence-electron chi connectivity index (χ3n) is 3.06. The normalized spacial score (nSPS) is 10.8. The molecule has 0 saturated carbocycles. The van der Waals surface area contributed by atoms with Gasteiger partial charge in [-0.25, -0.2) is 0 Å². The molecule has 0 spiro atoms. The van der Waals surface area contributed by atoms with Gasteiger partial charge in [-0.15, -0.1) is 0 Å². The van der Waals surface area contributed by atoms with Gasteiger partial charge in [0.1, 0.15) is 12.4 Å². The molecule has 0 saturated heterocycles. The molecule has 0 bridgehead atoms. The summed E-state index contributed by atoms with van der Waals surface area (Å²) in [6.07, 6.45) is 0. The molecule has 2 aromatic rings. The van der Waals surface area contributed by atoms with Crippen molar-refractivity contribution in [2.24, 2.45) is 7.05 Å². The van der Waals surface area contributed by atoms with Crippen LogP contribution in [0.5, 0.6) is 5.75 Å². The quantitative estimate of drug-likeness (QED) is 0.882. The van der Waals surface area contributed by atoms with Crippen LogP contribution in [-0.2, 0) is 13.7 Å². The van der Waals surface area contributed by atoms with E-state index in [0.717, 1.165) is 32.7 Å². The SMILES string of the molecule is Cc1cc(C)c(OCc2c(Br)c(C)nn2C)c(N)c1. The molecule has 1 aromatic heterocycles. The third kappa shape index (κ3) is 2.76. The van der Waals surface area contributed by atoms with E-state index >= 15 is 0 Å². The smallest absolute Gasteiger partial charge is 0.145 e. The summed E-state index contributed by atoms with van der Waals surface area (Å²) in [6.45, 7) is 6.42.